The van der Waals surface area contributed by atoms with E-state index in [4.69, 9.17) is 9.47 Å². The van der Waals surface area contributed by atoms with Gasteiger partial charge in [0.05, 0.1) is 7.11 Å². The lowest BCUT2D eigenvalue weighted by molar-refractivity contribution is -0.154. The van der Waals surface area contributed by atoms with Gasteiger partial charge in [-0.15, -0.1) is 0 Å². The van der Waals surface area contributed by atoms with Gasteiger partial charge in [0.25, 0.3) is 0 Å². The van der Waals surface area contributed by atoms with E-state index in [2.05, 4.69) is 19.2 Å². The van der Waals surface area contributed by atoms with Crippen LogP contribution in [0.4, 0.5) is 4.79 Å². The fraction of sp³-hybridized carbons (Fsp3) is 0.850. The van der Waals surface area contributed by atoms with Gasteiger partial charge in [-0.2, -0.15) is 0 Å². The van der Waals surface area contributed by atoms with E-state index in [9.17, 15) is 14.4 Å². The van der Waals surface area contributed by atoms with Crippen LogP contribution in [0.15, 0.2) is 0 Å². The van der Waals surface area contributed by atoms with Crippen LogP contribution >= 0.6 is 0 Å². The van der Waals surface area contributed by atoms with Crippen LogP contribution in [0, 0.1) is 22.7 Å². The molecule has 3 rings (SSSR count). The summed E-state index contributed by atoms with van der Waals surface area (Å²) in [5.74, 6) is -0.204. The molecule has 2 saturated carbocycles. The summed E-state index contributed by atoms with van der Waals surface area (Å²) in [7, 11) is 1.35. The topological polar surface area (TPSA) is 84.9 Å². The van der Waals surface area contributed by atoms with Gasteiger partial charge in [-0.25, -0.2) is 9.59 Å². The van der Waals surface area contributed by atoms with Crippen molar-refractivity contribution in [1.29, 1.82) is 0 Å². The second kappa shape index (κ2) is 5.61. The molecule has 1 unspecified atom stereocenters. The van der Waals surface area contributed by atoms with E-state index < -0.39 is 28.7 Å². The third-order valence-electron chi connectivity index (χ3n) is 6.73. The summed E-state index contributed by atoms with van der Waals surface area (Å²) in [5, 5.41) is 2.81. The lowest BCUT2D eigenvalue weighted by Crippen LogP contribution is -2.57. The van der Waals surface area contributed by atoms with Crippen molar-refractivity contribution in [1.82, 2.24) is 10.2 Å². The molecule has 0 aromatic carbocycles. The smallest absolute Gasteiger partial charge is 0.408 e. The van der Waals surface area contributed by atoms with Crippen LogP contribution in [-0.4, -0.2) is 53.7 Å². The molecular weight excluding hydrogens is 348 g/mol. The Morgan fingerprint density at radius 3 is 2.11 bits per heavy atom. The quantitative estimate of drug-likeness (QED) is 0.760. The fourth-order valence-electron chi connectivity index (χ4n) is 4.86. The Hall–Kier alpha value is -1.79. The maximum Gasteiger partial charge on any atom is 0.408 e. The minimum Gasteiger partial charge on any atom is -0.467 e. The number of rotatable bonds is 3. The minimum absolute atomic E-state index is 0.0282. The second-order valence-corrected chi connectivity index (χ2v) is 10.5. The number of carbonyl (C=O) groups is 3. The molecule has 0 radical (unpaired) electrons. The number of nitrogens with one attached hydrogen (secondary N) is 1. The van der Waals surface area contributed by atoms with E-state index in [1.54, 1.807) is 25.7 Å². The first kappa shape index (κ1) is 20.0. The Labute approximate surface area is 161 Å². The molecule has 2 aliphatic carbocycles. The molecule has 0 aromatic rings. The number of methoxy groups -OCH3 is 1. The maximum atomic E-state index is 13.5. The lowest BCUT2D eigenvalue weighted by Gasteiger charge is -2.34. The van der Waals surface area contributed by atoms with E-state index in [1.807, 2.05) is 13.8 Å². The molecule has 7 nitrogen and oxygen atoms in total. The van der Waals surface area contributed by atoms with Crippen molar-refractivity contribution in [2.75, 3.05) is 13.7 Å². The molecule has 0 spiro atoms. The zero-order chi connectivity index (χ0) is 20.6. The minimum atomic E-state index is -1.04. The number of alkyl carbamates (subject to hydrolysis) is 1. The van der Waals surface area contributed by atoms with Crippen LogP contribution in [0.1, 0.15) is 54.9 Å². The molecule has 1 saturated heterocycles. The summed E-state index contributed by atoms with van der Waals surface area (Å²) < 4.78 is 10.4. The van der Waals surface area contributed by atoms with E-state index >= 15 is 0 Å². The lowest BCUT2D eigenvalue weighted by atomic mass is 9.98. The average molecular weight is 380 g/mol. The van der Waals surface area contributed by atoms with Crippen molar-refractivity contribution in [2.24, 2.45) is 22.7 Å². The summed E-state index contributed by atoms with van der Waals surface area (Å²) in [6.07, 6.45) is -0.0954. The molecular formula is C20H32N2O5. The van der Waals surface area contributed by atoms with Gasteiger partial charge in [0.15, 0.2) is 0 Å². The van der Waals surface area contributed by atoms with Gasteiger partial charge in [0, 0.05) is 12.5 Å². The Bertz CT molecular complexity index is 693. The molecule has 1 N–H and O–H groups in total. The average Bonchev–Trinajstić information content (AvgIpc) is 3.13. The van der Waals surface area contributed by atoms with Crippen molar-refractivity contribution in [3.8, 4) is 0 Å². The highest BCUT2D eigenvalue weighted by Crippen LogP contribution is 2.66. The molecule has 4 atom stereocenters. The summed E-state index contributed by atoms with van der Waals surface area (Å²) in [5.41, 5.74) is -2.06. The molecule has 3 fully saturated rings. The SMILES string of the molecule is COC(=O)[C@@H]1[C@@H]2[C@H](CN1C(=O)C1(NC(=O)OC(C)(C)C)CC1(C)C)C2(C)C. The second-order valence-electron chi connectivity index (χ2n) is 10.5. The Balaban J connectivity index is 1.82. The number of likely N-dealkylation sites (tertiary alicyclic amines) is 1. The van der Waals surface area contributed by atoms with Crippen LogP contribution < -0.4 is 5.32 Å². The highest BCUT2D eigenvalue weighted by Gasteiger charge is 2.75. The first-order chi connectivity index (χ1) is 12.2. The number of fused-ring (bicyclic) bond motifs is 1. The standard InChI is InChI=1S/C20H32N2O5/c1-17(2,3)27-16(25)21-20(10-18(20,4)5)15(24)22-9-11-12(19(11,6)7)13(22)14(23)26-8/h11-13H,9-10H2,1-8H3,(H,21,25)/t11-,12-,13-,20?/m0/s1. The molecule has 2 amide bonds. The first-order valence-corrected chi connectivity index (χ1v) is 9.58. The number of amides is 2. The zero-order valence-electron chi connectivity index (χ0n) is 17.6. The predicted octanol–water partition coefficient (Wildman–Crippen LogP) is 2.34. The van der Waals surface area contributed by atoms with Crippen LogP contribution in [0.2, 0.25) is 0 Å². The van der Waals surface area contributed by atoms with Gasteiger partial charge < -0.3 is 19.7 Å². The summed E-state index contributed by atoms with van der Waals surface area (Å²) >= 11 is 0. The highest BCUT2D eigenvalue weighted by atomic mass is 16.6. The number of ether oxygens (including phenoxy) is 2. The van der Waals surface area contributed by atoms with E-state index in [0.717, 1.165) is 0 Å². The molecule has 7 heteroatoms. The van der Waals surface area contributed by atoms with Crippen LogP contribution in [0.3, 0.4) is 0 Å². The van der Waals surface area contributed by atoms with Crippen molar-refractivity contribution < 1.29 is 23.9 Å². The summed E-state index contributed by atoms with van der Waals surface area (Å²) in [4.78, 5) is 39.9. The number of esters is 1. The van der Waals surface area contributed by atoms with Crippen LogP contribution in [-0.2, 0) is 19.1 Å². The predicted molar refractivity (Wildman–Crippen MR) is 98.8 cm³/mol. The maximum absolute atomic E-state index is 13.5. The molecule has 27 heavy (non-hydrogen) atoms. The molecule has 3 aliphatic rings. The molecule has 1 heterocycles. The van der Waals surface area contributed by atoms with Gasteiger partial charge in [-0.3, -0.25) is 4.79 Å². The Morgan fingerprint density at radius 2 is 1.67 bits per heavy atom. The molecule has 152 valence electrons. The highest BCUT2D eigenvalue weighted by molar-refractivity contribution is 5.97. The monoisotopic (exact) mass is 380 g/mol. The van der Waals surface area contributed by atoms with Gasteiger partial charge in [0.2, 0.25) is 5.91 Å². The molecule has 0 aromatic heterocycles. The van der Waals surface area contributed by atoms with Gasteiger partial charge in [-0.05, 0) is 43.9 Å². The van der Waals surface area contributed by atoms with Crippen LogP contribution in [0.5, 0.6) is 0 Å². The molecule has 1 aliphatic heterocycles. The Kier molecular flexibility index (Phi) is 4.15. The van der Waals surface area contributed by atoms with Crippen molar-refractivity contribution in [2.45, 2.75) is 72.1 Å². The molecule has 0 bridgehead atoms. The van der Waals surface area contributed by atoms with Gasteiger partial charge in [-0.1, -0.05) is 27.7 Å². The summed E-state index contributed by atoms with van der Waals surface area (Å²) in [6.45, 7) is 14.0. The van der Waals surface area contributed by atoms with Crippen molar-refractivity contribution in [3.05, 3.63) is 0 Å². The largest absolute Gasteiger partial charge is 0.467 e. The van der Waals surface area contributed by atoms with Gasteiger partial charge in [0.1, 0.15) is 17.2 Å². The third-order valence-corrected chi connectivity index (χ3v) is 6.73. The number of hydrogen-bond acceptors (Lipinski definition) is 5. The van der Waals surface area contributed by atoms with E-state index in [1.165, 1.54) is 7.11 Å². The number of carbonyl (C=O) groups excluding carboxylic acids is 3. The van der Waals surface area contributed by atoms with E-state index in [0.29, 0.717) is 13.0 Å². The van der Waals surface area contributed by atoms with Crippen molar-refractivity contribution >= 4 is 18.0 Å². The number of nitrogens with zero attached hydrogens (tertiary/aromatic N) is 1. The normalized spacial score (nSPS) is 35.1. The number of piperidine rings is 1. The Morgan fingerprint density at radius 1 is 1.11 bits per heavy atom. The van der Waals surface area contributed by atoms with Gasteiger partial charge >= 0.3 is 12.1 Å². The van der Waals surface area contributed by atoms with Crippen LogP contribution in [0.25, 0.3) is 0 Å². The first-order valence-electron chi connectivity index (χ1n) is 9.58. The third kappa shape index (κ3) is 2.99. The van der Waals surface area contributed by atoms with Crippen molar-refractivity contribution in [3.63, 3.8) is 0 Å². The van der Waals surface area contributed by atoms with E-state index in [-0.39, 0.29) is 29.1 Å². The summed E-state index contributed by atoms with van der Waals surface area (Å²) in [6, 6.07) is -0.587. The number of hydrogen-bond donors (Lipinski definition) is 1. The fourth-order valence-corrected chi connectivity index (χ4v) is 4.86. The zero-order valence-corrected chi connectivity index (χ0v) is 17.6.